The first-order chi connectivity index (χ1) is 14.3. The molecule has 0 bridgehead atoms. The van der Waals surface area contributed by atoms with E-state index in [0.29, 0.717) is 30.4 Å². The lowest BCUT2D eigenvalue weighted by atomic mass is 10.3. The van der Waals surface area contributed by atoms with Crippen LogP contribution in [0.25, 0.3) is 10.6 Å². The zero-order valence-corrected chi connectivity index (χ0v) is 18.0. The van der Waals surface area contributed by atoms with E-state index in [-0.39, 0.29) is 23.5 Å². The van der Waals surface area contributed by atoms with Gasteiger partial charge in [0, 0.05) is 18.7 Å². The number of benzene rings is 1. The Kier molecular flexibility index (Phi) is 5.58. The van der Waals surface area contributed by atoms with Crippen molar-refractivity contribution in [3.8, 4) is 22.1 Å². The molecule has 0 fully saturated rings. The van der Waals surface area contributed by atoms with Gasteiger partial charge in [0.25, 0.3) is 5.56 Å². The number of rotatable bonds is 6. The minimum Gasteiger partial charge on any atom is -0.486 e. The molecule has 0 saturated heterocycles. The molecule has 1 aromatic carbocycles. The van der Waals surface area contributed by atoms with Crippen LogP contribution in [-0.4, -0.2) is 42.9 Å². The molecule has 1 aliphatic rings. The molecule has 3 heterocycles. The van der Waals surface area contributed by atoms with Crippen LogP contribution in [0.15, 0.2) is 40.0 Å². The van der Waals surface area contributed by atoms with Crippen LogP contribution in [0.2, 0.25) is 0 Å². The number of hydrogen-bond donors (Lipinski definition) is 1. The average molecular weight is 449 g/mol. The van der Waals surface area contributed by atoms with Gasteiger partial charge >= 0.3 is 0 Å². The smallest absolute Gasteiger partial charge is 0.266 e. The molecule has 0 spiro atoms. The summed E-state index contributed by atoms with van der Waals surface area (Å²) in [5, 5.41) is 5.28. The summed E-state index contributed by atoms with van der Waals surface area (Å²) in [5.41, 5.74) is 1.16. The van der Waals surface area contributed by atoms with E-state index >= 15 is 0 Å². The maximum Gasteiger partial charge on any atom is 0.266 e. The lowest BCUT2D eigenvalue weighted by Crippen LogP contribution is -2.32. The number of thiazole rings is 1. The molecule has 0 saturated carbocycles. The number of hydrogen-bond acceptors (Lipinski definition) is 8. The summed E-state index contributed by atoms with van der Waals surface area (Å²) in [6.07, 6.45) is 0. The molecule has 158 valence electrons. The van der Waals surface area contributed by atoms with Gasteiger partial charge in [-0.15, -0.1) is 11.3 Å². The van der Waals surface area contributed by atoms with Crippen molar-refractivity contribution >= 4 is 21.4 Å². The number of ether oxygens (including phenoxy) is 2. The Hall–Kier alpha value is -2.76. The highest BCUT2D eigenvalue weighted by molar-refractivity contribution is 7.89. The van der Waals surface area contributed by atoms with E-state index in [1.165, 1.54) is 34.2 Å². The van der Waals surface area contributed by atoms with E-state index in [1.807, 2.05) is 13.8 Å². The largest absolute Gasteiger partial charge is 0.486 e. The summed E-state index contributed by atoms with van der Waals surface area (Å²) in [7, 11) is -3.78. The number of aryl methyl sites for hydroxylation is 2. The molecule has 2 aromatic heterocycles. The van der Waals surface area contributed by atoms with Crippen LogP contribution >= 0.6 is 11.3 Å². The fraction of sp³-hybridized carbons (Fsp3) is 0.316. The number of sulfonamides is 1. The molecule has 1 N–H and O–H groups in total. The first kappa shape index (κ1) is 20.5. The quantitative estimate of drug-likeness (QED) is 0.611. The molecule has 3 aromatic rings. The van der Waals surface area contributed by atoms with Gasteiger partial charge in [0.05, 0.1) is 27.0 Å². The second-order valence-corrected chi connectivity index (χ2v) is 9.60. The van der Waals surface area contributed by atoms with Gasteiger partial charge in [0.15, 0.2) is 11.5 Å². The van der Waals surface area contributed by atoms with E-state index in [9.17, 15) is 13.2 Å². The third-order valence-electron chi connectivity index (χ3n) is 4.44. The van der Waals surface area contributed by atoms with Crippen molar-refractivity contribution in [3.05, 3.63) is 51.4 Å². The summed E-state index contributed by atoms with van der Waals surface area (Å²) in [4.78, 5) is 17.5. The van der Waals surface area contributed by atoms with Crippen molar-refractivity contribution in [1.82, 2.24) is 19.5 Å². The van der Waals surface area contributed by atoms with Gasteiger partial charge in [-0.1, -0.05) is 0 Å². The molecular weight excluding hydrogens is 428 g/mol. The fourth-order valence-electron chi connectivity index (χ4n) is 3.06. The van der Waals surface area contributed by atoms with E-state index < -0.39 is 10.0 Å². The summed E-state index contributed by atoms with van der Waals surface area (Å²) >= 11 is 1.50. The van der Waals surface area contributed by atoms with Crippen LogP contribution in [0.3, 0.4) is 0 Å². The first-order valence-corrected chi connectivity index (χ1v) is 11.6. The zero-order chi connectivity index (χ0) is 21.3. The highest BCUT2D eigenvalue weighted by atomic mass is 32.2. The van der Waals surface area contributed by atoms with Crippen LogP contribution in [0.4, 0.5) is 0 Å². The van der Waals surface area contributed by atoms with E-state index in [2.05, 4.69) is 14.8 Å². The van der Waals surface area contributed by atoms with E-state index in [4.69, 9.17) is 9.47 Å². The Bertz CT molecular complexity index is 1250. The molecule has 0 aliphatic carbocycles. The Morgan fingerprint density at radius 1 is 1.13 bits per heavy atom. The molecule has 1 aliphatic heterocycles. The third-order valence-corrected chi connectivity index (χ3v) is 7.00. The maximum atomic E-state index is 12.6. The van der Waals surface area contributed by atoms with Gasteiger partial charge in [0.1, 0.15) is 18.9 Å². The Balaban J connectivity index is 1.48. The first-order valence-electron chi connectivity index (χ1n) is 9.25. The molecule has 0 unspecified atom stereocenters. The van der Waals surface area contributed by atoms with Gasteiger partial charge in [0.2, 0.25) is 10.0 Å². The van der Waals surface area contributed by atoms with Crippen LogP contribution in [-0.2, 0) is 16.6 Å². The highest BCUT2D eigenvalue weighted by Gasteiger charge is 2.19. The lowest BCUT2D eigenvalue weighted by molar-refractivity contribution is 0.171. The molecule has 0 atom stereocenters. The summed E-state index contributed by atoms with van der Waals surface area (Å²) < 4.78 is 39.8. The van der Waals surface area contributed by atoms with Gasteiger partial charge in [-0.25, -0.2) is 22.8 Å². The van der Waals surface area contributed by atoms with Gasteiger partial charge in [-0.3, -0.25) is 4.79 Å². The summed E-state index contributed by atoms with van der Waals surface area (Å²) in [5.74, 6) is 0.909. The normalized spacial score (nSPS) is 13.4. The highest BCUT2D eigenvalue weighted by Crippen LogP contribution is 2.32. The topological polar surface area (TPSA) is 112 Å². The molecule has 4 rings (SSSR count). The summed E-state index contributed by atoms with van der Waals surface area (Å²) in [6.45, 7) is 4.69. The fourth-order valence-corrected chi connectivity index (χ4v) is 4.98. The van der Waals surface area contributed by atoms with Crippen LogP contribution in [0, 0.1) is 13.8 Å². The number of aromatic nitrogens is 3. The van der Waals surface area contributed by atoms with Crippen molar-refractivity contribution in [3.63, 3.8) is 0 Å². The predicted molar refractivity (Wildman–Crippen MR) is 112 cm³/mol. The number of nitrogens with zero attached hydrogens (tertiary/aromatic N) is 3. The average Bonchev–Trinajstić information content (AvgIpc) is 3.07. The SMILES string of the molecule is Cc1nc(C)c(-c2ccc(=O)n(CCNS(=O)(=O)c3ccc4c(c3)OCCO4)n2)s1. The molecule has 9 nitrogen and oxygen atoms in total. The van der Waals surface area contributed by atoms with Crippen molar-refractivity contribution in [2.24, 2.45) is 0 Å². The van der Waals surface area contributed by atoms with Crippen LogP contribution in [0.5, 0.6) is 11.5 Å². The Morgan fingerprint density at radius 2 is 1.90 bits per heavy atom. The number of nitrogens with one attached hydrogen (secondary N) is 1. The summed E-state index contributed by atoms with van der Waals surface area (Å²) in [6, 6.07) is 7.52. The van der Waals surface area contributed by atoms with Gasteiger partial charge < -0.3 is 9.47 Å². The Morgan fingerprint density at radius 3 is 2.63 bits per heavy atom. The Labute approximate surface area is 177 Å². The molecular formula is C19H20N4O5S2. The molecule has 0 radical (unpaired) electrons. The molecule has 30 heavy (non-hydrogen) atoms. The monoisotopic (exact) mass is 448 g/mol. The van der Waals surface area contributed by atoms with Gasteiger partial charge in [-0.2, -0.15) is 5.10 Å². The zero-order valence-electron chi connectivity index (χ0n) is 16.4. The predicted octanol–water partition coefficient (Wildman–Crippen LogP) is 1.73. The minimum absolute atomic E-state index is 0.00777. The minimum atomic E-state index is -3.78. The standard InChI is InChI=1S/C19H20N4O5S2/c1-12-19(29-13(2)21-12)15-4-6-18(24)23(22-15)8-7-20-30(25,26)14-3-5-16-17(11-14)28-10-9-27-16/h3-6,11,20H,7-10H2,1-2H3. The second-order valence-electron chi connectivity index (χ2n) is 6.63. The molecule has 11 heteroatoms. The number of fused-ring (bicyclic) bond motifs is 1. The molecule has 0 amide bonds. The maximum absolute atomic E-state index is 12.6. The van der Waals surface area contributed by atoms with Crippen molar-refractivity contribution in [2.45, 2.75) is 25.3 Å². The lowest BCUT2D eigenvalue weighted by Gasteiger charge is -2.19. The van der Waals surface area contributed by atoms with E-state index in [0.717, 1.165) is 15.6 Å². The van der Waals surface area contributed by atoms with Gasteiger partial charge in [-0.05, 0) is 32.0 Å². The third kappa shape index (κ3) is 4.23. The van der Waals surface area contributed by atoms with Crippen LogP contribution in [0.1, 0.15) is 10.7 Å². The van der Waals surface area contributed by atoms with Crippen LogP contribution < -0.4 is 19.8 Å². The van der Waals surface area contributed by atoms with E-state index in [1.54, 1.807) is 12.1 Å². The van der Waals surface area contributed by atoms with Crippen molar-refractivity contribution in [2.75, 3.05) is 19.8 Å². The second kappa shape index (κ2) is 8.17. The van der Waals surface area contributed by atoms with Crippen molar-refractivity contribution < 1.29 is 17.9 Å². The van der Waals surface area contributed by atoms with Crippen molar-refractivity contribution in [1.29, 1.82) is 0 Å².